The average molecular weight is 388 g/mol. The van der Waals surface area contributed by atoms with Gasteiger partial charge in [0.25, 0.3) is 0 Å². The summed E-state index contributed by atoms with van der Waals surface area (Å²) < 4.78 is 56.4. The highest BCUT2D eigenvalue weighted by molar-refractivity contribution is 7.96. The maximum Gasteiger partial charge on any atom is 0.184 e. The summed E-state index contributed by atoms with van der Waals surface area (Å²) in [5.41, 5.74) is 1.32. The highest BCUT2D eigenvalue weighted by Gasteiger charge is 2.48. The van der Waals surface area contributed by atoms with Crippen LogP contribution in [0.15, 0.2) is 17.0 Å². The first-order valence-corrected chi connectivity index (χ1v) is 11.9. The van der Waals surface area contributed by atoms with E-state index >= 15 is 0 Å². The summed E-state index contributed by atoms with van der Waals surface area (Å²) in [5.74, 6) is 0.276. The van der Waals surface area contributed by atoms with Gasteiger partial charge in [-0.2, -0.15) is 0 Å². The van der Waals surface area contributed by atoms with E-state index in [2.05, 4.69) is 0 Å². The second kappa shape index (κ2) is 6.55. The first kappa shape index (κ1) is 18.7. The van der Waals surface area contributed by atoms with Crippen LogP contribution in [0, 0.1) is 13.8 Å². The van der Waals surface area contributed by atoms with Crippen LogP contribution in [0.2, 0.25) is 0 Å². The second-order valence-electron chi connectivity index (χ2n) is 7.06. The molecular formula is C17H25NO5S2. The molecule has 8 heteroatoms. The predicted octanol–water partition coefficient (Wildman–Crippen LogP) is 1.35. The van der Waals surface area contributed by atoms with Crippen molar-refractivity contribution in [2.75, 3.05) is 31.7 Å². The van der Waals surface area contributed by atoms with E-state index in [0.717, 1.165) is 31.5 Å². The molecular weight excluding hydrogens is 362 g/mol. The zero-order chi connectivity index (χ0) is 18.4. The molecule has 0 unspecified atom stereocenters. The minimum Gasteiger partial charge on any atom is -0.496 e. The summed E-state index contributed by atoms with van der Waals surface area (Å²) in [7, 11) is -5.56. The van der Waals surface area contributed by atoms with E-state index in [4.69, 9.17) is 4.74 Å². The van der Waals surface area contributed by atoms with Crippen molar-refractivity contribution in [3.8, 4) is 5.75 Å². The van der Waals surface area contributed by atoms with Crippen LogP contribution in [0.1, 0.15) is 24.0 Å². The number of sulfone groups is 2. The normalized spacial score (nSPS) is 26.8. The summed E-state index contributed by atoms with van der Waals surface area (Å²) in [6.45, 7) is 5.06. The number of aryl methyl sites for hydroxylation is 2. The highest BCUT2D eigenvalue weighted by Crippen LogP contribution is 2.34. The molecule has 2 heterocycles. The molecule has 0 aromatic heterocycles. The smallest absolute Gasteiger partial charge is 0.184 e. The van der Waals surface area contributed by atoms with Gasteiger partial charge in [-0.25, -0.2) is 16.8 Å². The first-order valence-electron chi connectivity index (χ1n) is 8.49. The largest absolute Gasteiger partial charge is 0.496 e. The average Bonchev–Trinajstić information content (AvgIpc) is 3.16. The van der Waals surface area contributed by atoms with Crippen molar-refractivity contribution in [2.24, 2.45) is 0 Å². The number of rotatable bonds is 4. The third-order valence-corrected chi connectivity index (χ3v) is 9.54. The maximum atomic E-state index is 13.3. The van der Waals surface area contributed by atoms with Crippen molar-refractivity contribution >= 4 is 19.7 Å². The summed E-state index contributed by atoms with van der Waals surface area (Å²) >= 11 is 0. The molecule has 3 rings (SSSR count). The second-order valence-corrected chi connectivity index (χ2v) is 11.3. The summed E-state index contributed by atoms with van der Waals surface area (Å²) in [4.78, 5) is 2.26. The van der Waals surface area contributed by atoms with Crippen LogP contribution >= 0.6 is 0 Å². The van der Waals surface area contributed by atoms with Crippen molar-refractivity contribution in [1.82, 2.24) is 4.90 Å². The van der Waals surface area contributed by atoms with Crippen LogP contribution in [-0.2, 0) is 19.7 Å². The lowest BCUT2D eigenvalue weighted by Gasteiger charge is -2.28. The van der Waals surface area contributed by atoms with Crippen LogP contribution in [0.25, 0.3) is 0 Å². The van der Waals surface area contributed by atoms with Gasteiger partial charge in [-0.05, 0) is 63.0 Å². The topological polar surface area (TPSA) is 80.8 Å². The number of nitrogens with zero attached hydrogens (tertiary/aromatic N) is 1. The van der Waals surface area contributed by atoms with Crippen molar-refractivity contribution in [1.29, 1.82) is 0 Å². The van der Waals surface area contributed by atoms with Crippen LogP contribution in [-0.4, -0.2) is 64.7 Å². The number of likely N-dealkylation sites (tertiary alicyclic amines) is 1. The molecule has 0 N–H and O–H groups in total. The molecule has 140 valence electrons. The summed E-state index contributed by atoms with van der Waals surface area (Å²) in [6.07, 6.45) is 1.98. The van der Waals surface area contributed by atoms with Crippen LogP contribution in [0.5, 0.6) is 5.75 Å². The number of ether oxygens (including phenoxy) is 1. The third kappa shape index (κ3) is 3.44. The third-order valence-electron chi connectivity index (χ3n) is 5.28. The fourth-order valence-electron chi connectivity index (χ4n) is 3.96. The Hall–Kier alpha value is -1.12. The molecule has 0 amide bonds. The van der Waals surface area contributed by atoms with Crippen molar-refractivity contribution < 1.29 is 21.6 Å². The van der Waals surface area contributed by atoms with E-state index < -0.39 is 31.0 Å². The predicted molar refractivity (Wildman–Crippen MR) is 96.7 cm³/mol. The molecule has 2 saturated heterocycles. The van der Waals surface area contributed by atoms with E-state index in [1.807, 2.05) is 4.90 Å². The molecule has 6 nitrogen and oxygen atoms in total. The Balaban J connectivity index is 2.04. The van der Waals surface area contributed by atoms with Gasteiger partial charge in [0.1, 0.15) is 5.75 Å². The van der Waals surface area contributed by atoms with Gasteiger partial charge >= 0.3 is 0 Å². The zero-order valence-electron chi connectivity index (χ0n) is 14.9. The fourth-order valence-corrected chi connectivity index (χ4v) is 9.10. The molecule has 2 aliphatic rings. The fraction of sp³-hybridized carbons (Fsp3) is 0.647. The van der Waals surface area contributed by atoms with Gasteiger partial charge in [0, 0.05) is 6.04 Å². The van der Waals surface area contributed by atoms with E-state index in [-0.39, 0.29) is 16.4 Å². The lowest BCUT2D eigenvalue weighted by Crippen LogP contribution is -2.45. The summed E-state index contributed by atoms with van der Waals surface area (Å²) in [6, 6.07) is 2.87. The molecule has 25 heavy (non-hydrogen) atoms. The monoisotopic (exact) mass is 387 g/mol. The Bertz CT molecular complexity index is 871. The molecule has 0 saturated carbocycles. The maximum absolute atomic E-state index is 13.3. The number of hydrogen-bond acceptors (Lipinski definition) is 6. The van der Waals surface area contributed by atoms with Crippen molar-refractivity contribution in [3.05, 3.63) is 23.3 Å². The van der Waals surface area contributed by atoms with Gasteiger partial charge in [0.2, 0.25) is 0 Å². The van der Waals surface area contributed by atoms with E-state index in [0.29, 0.717) is 11.3 Å². The van der Waals surface area contributed by atoms with Crippen LogP contribution in [0.3, 0.4) is 0 Å². The standard InChI is InChI=1S/C17H25NO5S2/c1-12-9-16(13(2)8-15(12)23-3)25(21,22)17-11-24(19,20)10-14(17)18-6-4-5-7-18/h8-9,14,17H,4-7,10-11H2,1-3H3/t14-,17+/m1/s1. The van der Waals surface area contributed by atoms with E-state index in [9.17, 15) is 16.8 Å². The number of benzene rings is 1. The SMILES string of the molecule is COc1cc(C)c(S(=O)(=O)[C@H]2CS(=O)(=O)C[C@H]2N2CCCC2)cc1C. The van der Waals surface area contributed by atoms with Crippen molar-refractivity contribution in [2.45, 2.75) is 42.9 Å². The molecule has 1 aromatic rings. The minimum absolute atomic E-state index is 0.0644. The molecule has 0 spiro atoms. The lowest BCUT2D eigenvalue weighted by molar-refractivity contribution is 0.264. The Morgan fingerprint density at radius 3 is 2.32 bits per heavy atom. The Morgan fingerprint density at radius 1 is 1.08 bits per heavy atom. The lowest BCUT2D eigenvalue weighted by atomic mass is 10.1. The molecule has 2 aliphatic heterocycles. The van der Waals surface area contributed by atoms with Crippen LogP contribution in [0.4, 0.5) is 0 Å². The van der Waals surface area contributed by atoms with Gasteiger partial charge in [-0.1, -0.05) is 0 Å². The van der Waals surface area contributed by atoms with Crippen molar-refractivity contribution in [3.63, 3.8) is 0 Å². The highest BCUT2D eigenvalue weighted by atomic mass is 32.2. The van der Waals surface area contributed by atoms with Gasteiger partial charge < -0.3 is 4.74 Å². The Morgan fingerprint density at radius 2 is 1.72 bits per heavy atom. The molecule has 0 bridgehead atoms. The van der Waals surface area contributed by atoms with E-state index in [1.54, 1.807) is 33.1 Å². The van der Waals surface area contributed by atoms with E-state index in [1.165, 1.54) is 0 Å². The molecule has 2 atom stereocenters. The van der Waals surface area contributed by atoms with Gasteiger partial charge in [0.15, 0.2) is 19.7 Å². The van der Waals surface area contributed by atoms with Gasteiger partial charge in [-0.15, -0.1) is 0 Å². The van der Waals surface area contributed by atoms with Crippen LogP contribution < -0.4 is 4.74 Å². The quantitative estimate of drug-likeness (QED) is 0.776. The van der Waals surface area contributed by atoms with Gasteiger partial charge in [0.05, 0.1) is 28.8 Å². The zero-order valence-corrected chi connectivity index (χ0v) is 16.5. The summed E-state index contributed by atoms with van der Waals surface area (Å²) in [5, 5.41) is -0.901. The Kier molecular flexibility index (Phi) is 4.89. The molecule has 0 radical (unpaired) electrons. The minimum atomic E-state index is -3.75. The molecule has 1 aromatic carbocycles. The van der Waals surface area contributed by atoms with Gasteiger partial charge in [-0.3, -0.25) is 4.90 Å². The number of methoxy groups -OCH3 is 1. The molecule has 2 fully saturated rings. The molecule has 0 aliphatic carbocycles. The number of hydrogen-bond donors (Lipinski definition) is 0. The first-order chi connectivity index (χ1) is 11.7. The Labute approximate surface area is 150 Å².